The van der Waals surface area contributed by atoms with Crippen molar-refractivity contribution in [3.8, 4) is 0 Å². The van der Waals surface area contributed by atoms with E-state index in [2.05, 4.69) is 0 Å². The van der Waals surface area contributed by atoms with Crippen LogP contribution in [-0.4, -0.2) is 36.4 Å². The van der Waals surface area contributed by atoms with E-state index in [9.17, 15) is 18.0 Å². The van der Waals surface area contributed by atoms with E-state index in [1.807, 2.05) is 0 Å². The molecule has 0 aromatic heterocycles. The number of ketones is 1. The van der Waals surface area contributed by atoms with Crippen molar-refractivity contribution in [1.29, 1.82) is 0 Å². The first-order chi connectivity index (χ1) is 6.41. The van der Waals surface area contributed by atoms with Gasteiger partial charge in [-0.15, -0.1) is 0 Å². The summed E-state index contributed by atoms with van der Waals surface area (Å²) in [6.45, 7) is 0.240. The molecular formula is C8H11F3O3. The van der Waals surface area contributed by atoms with E-state index in [-0.39, 0.29) is 25.4 Å². The minimum Gasteiger partial charge on any atom is -0.384 e. The molecule has 1 aliphatic heterocycles. The van der Waals surface area contributed by atoms with Gasteiger partial charge in [-0.2, -0.15) is 13.2 Å². The molecule has 1 N–H and O–H groups in total. The van der Waals surface area contributed by atoms with E-state index in [1.165, 1.54) is 0 Å². The Kier molecular flexibility index (Phi) is 3.49. The predicted octanol–water partition coefficient (Wildman–Crippen LogP) is 0.905. The van der Waals surface area contributed by atoms with Crippen molar-refractivity contribution in [2.24, 2.45) is 5.92 Å². The van der Waals surface area contributed by atoms with Crippen molar-refractivity contribution in [1.82, 2.24) is 0 Å². The molecule has 1 rings (SSSR count). The molecule has 14 heavy (non-hydrogen) atoms. The summed E-state index contributed by atoms with van der Waals surface area (Å²) in [6.07, 6.45) is -7.55. The Hall–Kier alpha value is -0.620. The van der Waals surface area contributed by atoms with E-state index in [1.54, 1.807) is 0 Å². The van der Waals surface area contributed by atoms with Crippen LogP contribution >= 0.6 is 0 Å². The van der Waals surface area contributed by atoms with Gasteiger partial charge in [-0.1, -0.05) is 0 Å². The van der Waals surface area contributed by atoms with Gasteiger partial charge in [0, 0.05) is 12.3 Å². The first kappa shape index (κ1) is 11.5. The Bertz CT molecular complexity index is 214. The highest BCUT2D eigenvalue weighted by Crippen LogP contribution is 2.26. The molecule has 0 aromatic carbocycles. The molecule has 0 aliphatic carbocycles. The lowest BCUT2D eigenvalue weighted by atomic mass is 9.94. The number of carbonyl (C=O) groups excluding carboxylic acids is 1. The van der Waals surface area contributed by atoms with Crippen LogP contribution in [0.15, 0.2) is 0 Å². The van der Waals surface area contributed by atoms with Crippen molar-refractivity contribution in [3.05, 3.63) is 0 Å². The van der Waals surface area contributed by atoms with Gasteiger partial charge >= 0.3 is 6.18 Å². The average molecular weight is 212 g/mol. The smallest absolute Gasteiger partial charge is 0.384 e. The quantitative estimate of drug-likeness (QED) is 0.739. The lowest BCUT2D eigenvalue weighted by Crippen LogP contribution is -2.36. The molecule has 1 aliphatic rings. The summed E-state index contributed by atoms with van der Waals surface area (Å²) in [7, 11) is 0. The van der Waals surface area contributed by atoms with Crippen molar-refractivity contribution in [2.45, 2.75) is 25.1 Å². The Labute approximate surface area is 78.9 Å². The Morgan fingerprint density at radius 2 is 2.21 bits per heavy atom. The van der Waals surface area contributed by atoms with Crippen LogP contribution in [0.25, 0.3) is 0 Å². The minimum absolute atomic E-state index is 0.0219. The fourth-order valence-electron chi connectivity index (χ4n) is 1.30. The van der Waals surface area contributed by atoms with E-state index in [0.717, 1.165) is 0 Å². The zero-order valence-corrected chi connectivity index (χ0v) is 7.38. The lowest BCUT2D eigenvalue weighted by Gasteiger charge is -2.24. The van der Waals surface area contributed by atoms with Gasteiger partial charge in [-0.3, -0.25) is 4.79 Å². The zero-order chi connectivity index (χ0) is 10.8. The summed E-state index contributed by atoms with van der Waals surface area (Å²) in [6, 6.07) is 0. The second kappa shape index (κ2) is 4.27. The van der Waals surface area contributed by atoms with Gasteiger partial charge in [0.2, 0.25) is 0 Å². The SMILES string of the molecule is O=C1CCOCC1CC(O)C(F)(F)F. The van der Waals surface area contributed by atoms with Gasteiger partial charge in [-0.25, -0.2) is 0 Å². The molecule has 82 valence electrons. The van der Waals surface area contributed by atoms with Gasteiger partial charge in [0.15, 0.2) is 6.10 Å². The van der Waals surface area contributed by atoms with Crippen LogP contribution in [0.1, 0.15) is 12.8 Å². The number of hydrogen-bond acceptors (Lipinski definition) is 3. The fourth-order valence-corrected chi connectivity index (χ4v) is 1.30. The number of rotatable bonds is 2. The number of Topliss-reactive ketones (excluding diaryl/α,β-unsaturated/α-hetero) is 1. The minimum atomic E-state index is -4.66. The Balaban J connectivity index is 2.46. The molecule has 2 unspecified atom stereocenters. The van der Waals surface area contributed by atoms with Crippen molar-refractivity contribution in [2.75, 3.05) is 13.2 Å². The summed E-state index contributed by atoms with van der Waals surface area (Å²) in [4.78, 5) is 11.1. The molecule has 0 spiro atoms. The highest BCUT2D eigenvalue weighted by molar-refractivity contribution is 5.81. The Morgan fingerprint density at radius 3 is 2.71 bits per heavy atom. The van der Waals surface area contributed by atoms with E-state index in [0.29, 0.717) is 0 Å². The maximum absolute atomic E-state index is 11.9. The van der Waals surface area contributed by atoms with Crippen molar-refractivity contribution in [3.63, 3.8) is 0 Å². The summed E-state index contributed by atoms with van der Waals surface area (Å²) in [5.74, 6) is -1.08. The second-order valence-electron chi connectivity index (χ2n) is 3.28. The molecule has 1 saturated heterocycles. The molecule has 0 bridgehead atoms. The molecule has 0 saturated carbocycles. The molecule has 2 atom stereocenters. The number of ether oxygens (including phenoxy) is 1. The van der Waals surface area contributed by atoms with Crippen LogP contribution in [-0.2, 0) is 9.53 Å². The summed E-state index contributed by atoms with van der Waals surface area (Å²) >= 11 is 0. The molecule has 0 aromatic rings. The third-order valence-corrected chi connectivity index (χ3v) is 2.15. The van der Waals surface area contributed by atoms with Gasteiger partial charge in [-0.05, 0) is 6.42 Å². The second-order valence-corrected chi connectivity index (χ2v) is 3.28. The van der Waals surface area contributed by atoms with Crippen molar-refractivity contribution >= 4 is 5.78 Å². The third-order valence-electron chi connectivity index (χ3n) is 2.15. The number of aliphatic hydroxyl groups is 1. The molecule has 0 amide bonds. The number of aliphatic hydroxyl groups excluding tert-OH is 1. The standard InChI is InChI=1S/C8H11F3O3/c9-8(10,11)7(13)3-5-4-14-2-1-6(5)12/h5,7,13H,1-4H2. The summed E-state index contributed by atoms with van der Waals surface area (Å²) in [5.41, 5.74) is 0. The van der Waals surface area contributed by atoms with E-state index >= 15 is 0 Å². The molecule has 1 heterocycles. The van der Waals surface area contributed by atoms with Crippen LogP contribution in [0, 0.1) is 5.92 Å². The number of hydrogen-bond donors (Lipinski definition) is 1. The first-order valence-electron chi connectivity index (χ1n) is 4.26. The van der Waals surface area contributed by atoms with E-state index < -0.39 is 24.6 Å². The zero-order valence-electron chi connectivity index (χ0n) is 7.38. The third kappa shape index (κ3) is 2.95. The highest BCUT2D eigenvalue weighted by atomic mass is 19.4. The first-order valence-corrected chi connectivity index (χ1v) is 4.26. The van der Waals surface area contributed by atoms with Crippen LogP contribution in [0.3, 0.4) is 0 Å². The highest BCUT2D eigenvalue weighted by Gasteiger charge is 2.41. The van der Waals surface area contributed by atoms with Gasteiger partial charge in [0.05, 0.1) is 13.2 Å². The van der Waals surface area contributed by atoms with Gasteiger partial charge in [0.25, 0.3) is 0 Å². The number of carbonyl (C=O) groups is 1. The van der Waals surface area contributed by atoms with Crippen LogP contribution in [0.4, 0.5) is 13.2 Å². The van der Waals surface area contributed by atoms with Crippen LogP contribution < -0.4 is 0 Å². The van der Waals surface area contributed by atoms with E-state index in [4.69, 9.17) is 9.84 Å². The topological polar surface area (TPSA) is 46.5 Å². The largest absolute Gasteiger partial charge is 0.414 e. The predicted molar refractivity (Wildman–Crippen MR) is 40.6 cm³/mol. The number of alkyl halides is 3. The number of halogens is 3. The summed E-state index contributed by atoms with van der Waals surface area (Å²) in [5, 5.41) is 8.72. The lowest BCUT2D eigenvalue weighted by molar-refractivity contribution is -0.210. The maximum Gasteiger partial charge on any atom is 0.414 e. The summed E-state index contributed by atoms with van der Waals surface area (Å²) < 4.78 is 40.7. The van der Waals surface area contributed by atoms with Gasteiger partial charge in [0.1, 0.15) is 5.78 Å². The molecule has 1 fully saturated rings. The molecule has 3 nitrogen and oxygen atoms in total. The van der Waals surface area contributed by atoms with Crippen LogP contribution in [0.2, 0.25) is 0 Å². The normalized spacial score (nSPS) is 26.3. The fraction of sp³-hybridized carbons (Fsp3) is 0.875. The average Bonchev–Trinajstić information content (AvgIpc) is 2.07. The molecule has 0 radical (unpaired) electrons. The van der Waals surface area contributed by atoms with Crippen LogP contribution in [0.5, 0.6) is 0 Å². The van der Waals surface area contributed by atoms with Gasteiger partial charge < -0.3 is 9.84 Å². The molecular weight excluding hydrogens is 201 g/mol. The molecule has 6 heteroatoms. The monoisotopic (exact) mass is 212 g/mol. The van der Waals surface area contributed by atoms with Crippen molar-refractivity contribution < 1.29 is 27.8 Å². The maximum atomic E-state index is 11.9. The Morgan fingerprint density at radius 1 is 1.57 bits per heavy atom.